The second-order valence-corrected chi connectivity index (χ2v) is 6.15. The van der Waals surface area contributed by atoms with Crippen molar-refractivity contribution in [3.05, 3.63) is 70.8 Å². The molecule has 0 saturated carbocycles. The van der Waals surface area contributed by atoms with Crippen LogP contribution in [0.1, 0.15) is 54.4 Å². The molecular formula is C21H27N. The fraction of sp³-hybridized carbons (Fsp3) is 0.381. The predicted molar refractivity (Wildman–Crippen MR) is 96.0 cm³/mol. The normalized spacial score (nSPS) is 10.6. The summed E-state index contributed by atoms with van der Waals surface area (Å²) in [6, 6.07) is 17.2. The van der Waals surface area contributed by atoms with Crippen LogP contribution in [-0.4, -0.2) is 6.21 Å². The van der Waals surface area contributed by atoms with Crippen LogP contribution in [0, 0.1) is 12.3 Å². The van der Waals surface area contributed by atoms with E-state index in [-0.39, 0.29) is 0 Å². The molecular weight excluding hydrogens is 266 g/mol. The maximum absolute atomic E-state index is 7.29. The molecule has 0 aliphatic heterocycles. The van der Waals surface area contributed by atoms with Crippen molar-refractivity contribution in [3.8, 4) is 0 Å². The fourth-order valence-electron chi connectivity index (χ4n) is 2.89. The molecule has 0 fully saturated rings. The third-order valence-electron chi connectivity index (χ3n) is 4.13. The van der Waals surface area contributed by atoms with Crippen molar-refractivity contribution in [2.24, 2.45) is 0 Å². The molecule has 0 aliphatic carbocycles. The average Bonchev–Trinajstić information content (AvgIpc) is 2.54. The molecule has 1 N–H and O–H groups in total. The van der Waals surface area contributed by atoms with E-state index in [4.69, 9.17) is 5.41 Å². The first-order chi connectivity index (χ1) is 10.8. The van der Waals surface area contributed by atoms with Crippen LogP contribution in [0.3, 0.4) is 0 Å². The van der Waals surface area contributed by atoms with Crippen LogP contribution in [0.5, 0.6) is 0 Å². The summed E-state index contributed by atoms with van der Waals surface area (Å²) in [5.41, 5.74) is 5.21. The summed E-state index contributed by atoms with van der Waals surface area (Å²) in [5.74, 6) is 0. The Kier molecular flexibility index (Phi) is 6.89. The first-order valence-corrected chi connectivity index (χ1v) is 8.43. The van der Waals surface area contributed by atoms with Gasteiger partial charge in [-0.1, -0.05) is 73.4 Å². The smallest absolute Gasteiger partial charge is 0.0250 e. The molecule has 0 unspecified atom stereocenters. The van der Waals surface area contributed by atoms with Crippen molar-refractivity contribution >= 4 is 6.21 Å². The van der Waals surface area contributed by atoms with Crippen molar-refractivity contribution in [2.45, 2.75) is 51.9 Å². The molecule has 116 valence electrons. The lowest BCUT2D eigenvalue weighted by atomic mass is 10.0. The highest BCUT2D eigenvalue weighted by Crippen LogP contribution is 2.13. The van der Waals surface area contributed by atoms with Gasteiger partial charge in [-0.25, -0.2) is 0 Å². The summed E-state index contributed by atoms with van der Waals surface area (Å²) >= 11 is 0. The Hall–Kier alpha value is -1.89. The average molecular weight is 293 g/mol. The van der Waals surface area contributed by atoms with E-state index in [1.54, 1.807) is 0 Å². The molecule has 0 aromatic heterocycles. The number of unbranched alkanes of at least 4 members (excludes halogenated alkanes) is 4. The predicted octanol–water partition coefficient (Wildman–Crippen LogP) is 5.73. The summed E-state index contributed by atoms with van der Waals surface area (Å²) < 4.78 is 0. The zero-order chi connectivity index (χ0) is 15.6. The summed E-state index contributed by atoms with van der Waals surface area (Å²) in [7, 11) is 0. The monoisotopic (exact) mass is 293 g/mol. The Morgan fingerprint density at radius 2 is 1.36 bits per heavy atom. The van der Waals surface area contributed by atoms with Crippen LogP contribution >= 0.6 is 0 Å². The van der Waals surface area contributed by atoms with Gasteiger partial charge in [0, 0.05) is 6.21 Å². The number of benzene rings is 2. The molecule has 0 radical (unpaired) electrons. The highest BCUT2D eigenvalue weighted by atomic mass is 14.3. The van der Waals surface area contributed by atoms with E-state index in [1.807, 2.05) is 6.07 Å². The van der Waals surface area contributed by atoms with Crippen LogP contribution < -0.4 is 0 Å². The van der Waals surface area contributed by atoms with Gasteiger partial charge >= 0.3 is 0 Å². The standard InChI is InChI=1S/C21H27N/c1-18-9-7-12-19(15-18)10-5-3-2-4-6-11-20-13-8-14-21(16-20)17-22/h7-9,12-17,22H,2-6,10-11H2,1H3. The maximum Gasteiger partial charge on any atom is 0.0250 e. The van der Waals surface area contributed by atoms with Gasteiger partial charge < -0.3 is 5.41 Å². The minimum absolute atomic E-state index is 1.01. The van der Waals surface area contributed by atoms with Gasteiger partial charge in [-0.2, -0.15) is 0 Å². The highest BCUT2D eigenvalue weighted by Gasteiger charge is 1.97. The van der Waals surface area contributed by atoms with E-state index < -0.39 is 0 Å². The molecule has 0 heterocycles. The van der Waals surface area contributed by atoms with E-state index >= 15 is 0 Å². The van der Waals surface area contributed by atoms with E-state index in [0.29, 0.717) is 0 Å². The van der Waals surface area contributed by atoms with E-state index in [2.05, 4.69) is 49.4 Å². The molecule has 0 amide bonds. The van der Waals surface area contributed by atoms with Gasteiger partial charge in [0.25, 0.3) is 0 Å². The van der Waals surface area contributed by atoms with Crippen LogP contribution in [0.2, 0.25) is 0 Å². The summed E-state index contributed by atoms with van der Waals surface area (Å²) in [4.78, 5) is 0. The number of hydrogen-bond donors (Lipinski definition) is 1. The molecule has 0 bridgehead atoms. The highest BCUT2D eigenvalue weighted by molar-refractivity contribution is 5.77. The van der Waals surface area contributed by atoms with Gasteiger partial charge in [0.15, 0.2) is 0 Å². The number of aryl methyl sites for hydroxylation is 3. The van der Waals surface area contributed by atoms with Crippen LogP contribution in [0.4, 0.5) is 0 Å². The van der Waals surface area contributed by atoms with Gasteiger partial charge in [0.1, 0.15) is 0 Å². The van der Waals surface area contributed by atoms with Crippen molar-refractivity contribution in [3.63, 3.8) is 0 Å². The number of hydrogen-bond acceptors (Lipinski definition) is 1. The largest absolute Gasteiger partial charge is 0.308 e. The molecule has 2 rings (SSSR count). The Labute approximate surface area is 134 Å². The van der Waals surface area contributed by atoms with E-state index in [0.717, 1.165) is 12.0 Å². The minimum Gasteiger partial charge on any atom is -0.308 e. The molecule has 0 spiro atoms. The lowest BCUT2D eigenvalue weighted by Gasteiger charge is -2.04. The van der Waals surface area contributed by atoms with Crippen molar-refractivity contribution in [1.82, 2.24) is 0 Å². The molecule has 2 aromatic rings. The van der Waals surface area contributed by atoms with Crippen LogP contribution in [-0.2, 0) is 12.8 Å². The third-order valence-corrected chi connectivity index (χ3v) is 4.13. The first kappa shape index (κ1) is 16.5. The zero-order valence-corrected chi connectivity index (χ0v) is 13.6. The molecule has 1 heteroatoms. The first-order valence-electron chi connectivity index (χ1n) is 8.43. The van der Waals surface area contributed by atoms with E-state index in [1.165, 1.54) is 61.4 Å². The van der Waals surface area contributed by atoms with E-state index in [9.17, 15) is 0 Å². The Morgan fingerprint density at radius 1 is 0.773 bits per heavy atom. The Morgan fingerprint density at radius 3 is 2.00 bits per heavy atom. The maximum atomic E-state index is 7.29. The second kappa shape index (κ2) is 9.19. The molecule has 0 saturated heterocycles. The van der Waals surface area contributed by atoms with Gasteiger partial charge in [0.05, 0.1) is 0 Å². The van der Waals surface area contributed by atoms with Gasteiger partial charge in [0.2, 0.25) is 0 Å². The van der Waals surface area contributed by atoms with Crippen molar-refractivity contribution < 1.29 is 0 Å². The molecule has 0 atom stereocenters. The molecule has 2 aromatic carbocycles. The van der Waals surface area contributed by atoms with Crippen LogP contribution in [0.25, 0.3) is 0 Å². The number of rotatable bonds is 9. The lowest BCUT2D eigenvalue weighted by Crippen LogP contribution is -1.90. The summed E-state index contributed by atoms with van der Waals surface area (Å²) in [6.45, 7) is 2.16. The fourth-order valence-corrected chi connectivity index (χ4v) is 2.89. The molecule has 1 nitrogen and oxygen atoms in total. The van der Waals surface area contributed by atoms with Crippen LogP contribution in [0.15, 0.2) is 48.5 Å². The summed E-state index contributed by atoms with van der Waals surface area (Å²) in [6.07, 6.45) is 10.3. The molecule has 0 aliphatic rings. The topological polar surface area (TPSA) is 23.9 Å². The van der Waals surface area contributed by atoms with Gasteiger partial charge in [-0.15, -0.1) is 0 Å². The number of nitrogens with one attached hydrogen (secondary N) is 1. The van der Waals surface area contributed by atoms with Crippen molar-refractivity contribution in [1.29, 1.82) is 5.41 Å². The van der Waals surface area contributed by atoms with Crippen molar-refractivity contribution in [2.75, 3.05) is 0 Å². The van der Waals surface area contributed by atoms with Gasteiger partial charge in [-0.05, 0) is 49.3 Å². The summed E-state index contributed by atoms with van der Waals surface area (Å²) in [5, 5.41) is 7.29. The van der Waals surface area contributed by atoms with Gasteiger partial charge in [-0.3, -0.25) is 0 Å². The third kappa shape index (κ3) is 5.85. The second-order valence-electron chi connectivity index (χ2n) is 6.15. The Balaban J connectivity index is 1.56. The quantitative estimate of drug-likeness (QED) is 0.451. The zero-order valence-electron chi connectivity index (χ0n) is 13.6. The molecule has 22 heavy (non-hydrogen) atoms. The minimum atomic E-state index is 1.01. The Bertz CT molecular complexity index is 586. The lowest BCUT2D eigenvalue weighted by molar-refractivity contribution is 0.613. The SMILES string of the molecule is Cc1cccc(CCCCCCCc2cccc(C=N)c2)c1.